The van der Waals surface area contributed by atoms with E-state index in [1.807, 2.05) is 0 Å². The number of hydrogen-bond acceptors (Lipinski definition) is 2. The summed E-state index contributed by atoms with van der Waals surface area (Å²) in [7, 11) is 0. The van der Waals surface area contributed by atoms with Crippen LogP contribution in [-0.2, 0) is 9.59 Å². The Morgan fingerprint density at radius 1 is 1.24 bits per heavy atom. The summed E-state index contributed by atoms with van der Waals surface area (Å²) in [4.78, 5) is 23.5. The topological polar surface area (TPSA) is 58.2 Å². The molecule has 4 nitrogen and oxygen atoms in total. The summed E-state index contributed by atoms with van der Waals surface area (Å²) in [5.74, 6) is -0.0868. The van der Waals surface area contributed by atoms with E-state index in [1.54, 1.807) is 12.1 Å². The van der Waals surface area contributed by atoms with E-state index in [-0.39, 0.29) is 23.7 Å². The summed E-state index contributed by atoms with van der Waals surface area (Å²) in [5, 5.41) is 5.72. The van der Waals surface area contributed by atoms with Gasteiger partial charge < -0.3 is 10.6 Å². The molecular weight excluding hydrogens is 271 g/mol. The summed E-state index contributed by atoms with van der Waals surface area (Å²) in [5.41, 5.74) is 0.929. The summed E-state index contributed by atoms with van der Waals surface area (Å²) in [6.07, 6.45) is 4.26. The number of benzene rings is 1. The number of carbonyl (C=O) groups is 2. The fourth-order valence-corrected chi connectivity index (χ4v) is 2.98. The highest BCUT2D eigenvalue weighted by atomic mass is 19.1. The minimum absolute atomic E-state index is 0.0721. The van der Waals surface area contributed by atoms with Crippen molar-refractivity contribution in [2.45, 2.75) is 44.2 Å². The minimum atomic E-state index is -0.430. The van der Waals surface area contributed by atoms with Crippen molar-refractivity contribution in [1.82, 2.24) is 10.6 Å². The number of amides is 2. The highest BCUT2D eigenvalue weighted by Crippen LogP contribution is 2.37. The van der Waals surface area contributed by atoms with Crippen molar-refractivity contribution < 1.29 is 14.0 Å². The SMILES string of the molecule is O=C1CCC(C(=O)NC(c2ccc(F)cc2)C2CCC2)N1. The van der Waals surface area contributed by atoms with Crippen molar-refractivity contribution in [3.63, 3.8) is 0 Å². The van der Waals surface area contributed by atoms with Crippen molar-refractivity contribution in [3.05, 3.63) is 35.6 Å². The van der Waals surface area contributed by atoms with Crippen LogP contribution >= 0.6 is 0 Å². The molecule has 0 aromatic heterocycles. The standard InChI is InChI=1S/C16H19FN2O2/c17-12-6-4-11(5-7-12)15(10-2-1-3-10)19-16(21)13-8-9-14(20)18-13/h4-7,10,13,15H,1-3,8-9H2,(H,18,20)(H,19,21). The molecule has 2 amide bonds. The zero-order valence-corrected chi connectivity index (χ0v) is 11.8. The van der Waals surface area contributed by atoms with Gasteiger partial charge in [0.2, 0.25) is 11.8 Å². The first-order chi connectivity index (χ1) is 10.1. The van der Waals surface area contributed by atoms with Crippen molar-refractivity contribution in [2.75, 3.05) is 0 Å². The fraction of sp³-hybridized carbons (Fsp3) is 0.500. The third kappa shape index (κ3) is 3.06. The highest BCUT2D eigenvalue weighted by Gasteiger charge is 2.33. The van der Waals surface area contributed by atoms with Gasteiger partial charge >= 0.3 is 0 Å². The van der Waals surface area contributed by atoms with Gasteiger partial charge in [0.15, 0.2) is 0 Å². The lowest BCUT2D eigenvalue weighted by Crippen LogP contribution is -2.45. The molecule has 0 radical (unpaired) electrons. The largest absolute Gasteiger partial charge is 0.347 e. The molecular formula is C16H19FN2O2. The van der Waals surface area contributed by atoms with E-state index in [9.17, 15) is 14.0 Å². The molecule has 2 unspecified atom stereocenters. The van der Waals surface area contributed by atoms with E-state index in [0.717, 1.165) is 18.4 Å². The predicted molar refractivity (Wildman–Crippen MR) is 75.8 cm³/mol. The molecule has 0 spiro atoms. The van der Waals surface area contributed by atoms with E-state index in [4.69, 9.17) is 0 Å². The number of halogens is 1. The highest BCUT2D eigenvalue weighted by molar-refractivity contribution is 5.91. The maximum absolute atomic E-state index is 13.1. The maximum Gasteiger partial charge on any atom is 0.243 e. The smallest absolute Gasteiger partial charge is 0.243 e. The van der Waals surface area contributed by atoms with Gasteiger partial charge in [-0.2, -0.15) is 0 Å². The molecule has 1 saturated heterocycles. The first-order valence-electron chi connectivity index (χ1n) is 7.48. The van der Waals surface area contributed by atoms with Gasteiger partial charge in [-0.1, -0.05) is 18.6 Å². The first kappa shape index (κ1) is 14.0. The Labute approximate surface area is 123 Å². The second-order valence-electron chi connectivity index (χ2n) is 5.89. The lowest BCUT2D eigenvalue weighted by molar-refractivity contribution is -0.126. The Morgan fingerprint density at radius 3 is 2.48 bits per heavy atom. The van der Waals surface area contributed by atoms with Gasteiger partial charge in [0.25, 0.3) is 0 Å². The molecule has 2 atom stereocenters. The molecule has 5 heteroatoms. The van der Waals surface area contributed by atoms with Gasteiger partial charge in [-0.25, -0.2) is 4.39 Å². The van der Waals surface area contributed by atoms with E-state index < -0.39 is 6.04 Å². The van der Waals surface area contributed by atoms with Crippen LogP contribution in [0.4, 0.5) is 4.39 Å². The second kappa shape index (κ2) is 5.84. The second-order valence-corrected chi connectivity index (χ2v) is 5.89. The number of nitrogens with one attached hydrogen (secondary N) is 2. The molecule has 0 bridgehead atoms. The zero-order valence-electron chi connectivity index (χ0n) is 11.8. The predicted octanol–water partition coefficient (Wildman–Crippen LogP) is 2.06. The molecule has 1 aliphatic carbocycles. The van der Waals surface area contributed by atoms with Gasteiger partial charge in [-0.15, -0.1) is 0 Å². The minimum Gasteiger partial charge on any atom is -0.347 e. The molecule has 2 fully saturated rings. The number of rotatable bonds is 4. The third-order valence-electron chi connectivity index (χ3n) is 4.46. The van der Waals surface area contributed by atoms with E-state index in [2.05, 4.69) is 10.6 Å². The molecule has 1 aromatic rings. The number of hydrogen-bond donors (Lipinski definition) is 2. The lowest BCUT2D eigenvalue weighted by Gasteiger charge is -2.35. The van der Waals surface area contributed by atoms with Crippen molar-refractivity contribution in [1.29, 1.82) is 0 Å². The van der Waals surface area contributed by atoms with Crippen LogP contribution in [0.5, 0.6) is 0 Å². The van der Waals surface area contributed by atoms with Gasteiger partial charge in [-0.3, -0.25) is 9.59 Å². The summed E-state index contributed by atoms with van der Waals surface area (Å²) in [6, 6.07) is 5.78. The third-order valence-corrected chi connectivity index (χ3v) is 4.46. The Kier molecular flexibility index (Phi) is 3.90. The lowest BCUT2D eigenvalue weighted by atomic mass is 9.77. The van der Waals surface area contributed by atoms with Crippen LogP contribution < -0.4 is 10.6 Å². The van der Waals surface area contributed by atoms with Crippen LogP contribution in [0, 0.1) is 11.7 Å². The van der Waals surface area contributed by atoms with Gasteiger partial charge in [0.1, 0.15) is 11.9 Å². The van der Waals surface area contributed by atoms with Gasteiger partial charge in [0, 0.05) is 6.42 Å². The molecule has 1 aliphatic heterocycles. The molecule has 112 valence electrons. The van der Waals surface area contributed by atoms with Crippen molar-refractivity contribution >= 4 is 11.8 Å². The molecule has 1 saturated carbocycles. The Hall–Kier alpha value is -1.91. The van der Waals surface area contributed by atoms with Crippen LogP contribution in [0.1, 0.15) is 43.7 Å². The average Bonchev–Trinajstić information content (AvgIpc) is 2.83. The van der Waals surface area contributed by atoms with E-state index >= 15 is 0 Å². The fourth-order valence-electron chi connectivity index (χ4n) is 2.98. The quantitative estimate of drug-likeness (QED) is 0.892. The molecule has 2 aliphatic rings. The van der Waals surface area contributed by atoms with E-state index in [0.29, 0.717) is 18.8 Å². The van der Waals surface area contributed by atoms with Crippen LogP contribution in [0.2, 0.25) is 0 Å². The molecule has 21 heavy (non-hydrogen) atoms. The summed E-state index contributed by atoms with van der Waals surface area (Å²) in [6.45, 7) is 0. The Balaban J connectivity index is 1.72. The normalized spacial score (nSPS) is 23.3. The van der Waals surface area contributed by atoms with E-state index in [1.165, 1.54) is 18.6 Å². The van der Waals surface area contributed by atoms with Gasteiger partial charge in [-0.05, 0) is 42.9 Å². The van der Waals surface area contributed by atoms with Crippen molar-refractivity contribution in [2.24, 2.45) is 5.92 Å². The van der Waals surface area contributed by atoms with Crippen molar-refractivity contribution in [3.8, 4) is 0 Å². The van der Waals surface area contributed by atoms with Gasteiger partial charge in [0.05, 0.1) is 6.04 Å². The Morgan fingerprint density at radius 2 is 1.95 bits per heavy atom. The molecule has 3 rings (SSSR count). The van der Waals surface area contributed by atoms with Crippen LogP contribution in [0.15, 0.2) is 24.3 Å². The van der Waals surface area contributed by atoms with Crippen LogP contribution in [0.3, 0.4) is 0 Å². The summed E-state index contributed by atoms with van der Waals surface area (Å²) < 4.78 is 13.1. The Bertz CT molecular complexity index is 540. The number of carbonyl (C=O) groups excluding carboxylic acids is 2. The molecule has 1 heterocycles. The zero-order chi connectivity index (χ0) is 14.8. The monoisotopic (exact) mass is 290 g/mol. The van der Waals surface area contributed by atoms with Crippen LogP contribution in [-0.4, -0.2) is 17.9 Å². The van der Waals surface area contributed by atoms with Crippen LogP contribution in [0.25, 0.3) is 0 Å². The molecule has 1 aromatic carbocycles. The average molecular weight is 290 g/mol. The summed E-state index contributed by atoms with van der Waals surface area (Å²) >= 11 is 0. The first-order valence-corrected chi connectivity index (χ1v) is 7.48. The maximum atomic E-state index is 13.1. The molecule has 2 N–H and O–H groups in total.